The Balaban J connectivity index is 4.58. The average Bonchev–Trinajstić information content (AvgIpc) is 0.813. The van der Waals surface area contributed by atoms with Crippen LogP contribution in [0.4, 0.5) is 0 Å². The Kier molecular flexibility index (Phi) is 37.3. The molecule has 0 bridgehead atoms. The van der Waals surface area contributed by atoms with Crippen molar-refractivity contribution in [3.63, 3.8) is 0 Å². The van der Waals surface area contributed by atoms with E-state index in [2.05, 4.69) is 26.2 Å². The standard InChI is InChI=1S/C69H126N12O12S/c1-27-32-33-46(17)57(82)56-61(86)72-49(29-3)63(88)80(26)69(94-37-36-81(30-4)31-5)68(93)78(24)55(45(16)28-2)60(85)73-53(43(12)13)66(91)75(21)51(38-41(8)9)59(84)70-47(18)58(83)71-48(19)62(87)76(22)52(39-42(10)11)65(90)74(20)50(35-34-40(6)7)64(89)77(23)54(44(14)15)67(92)79(56)25/h27,32,40-57,69,82H,28-31,33-39H2,1-26H3,(H,70,84)(H,71,83)(H,72,86)(H,73,85)/b32-27+/t45?,46-,47-,48+,49-,50-,51-,52+,53-,54-,55+,56+,57-,69-/m1/s1. The van der Waals surface area contributed by atoms with Gasteiger partial charge in [-0.05, 0) is 114 Å². The number of rotatable bonds is 22. The van der Waals surface area contributed by atoms with E-state index in [1.165, 1.54) is 104 Å². The molecule has 1 unspecified atom stereocenters. The molecular weight excluding hydrogens is 1220 g/mol. The second-order valence-electron chi connectivity index (χ2n) is 28.1. The minimum atomic E-state index is -1.63. The monoisotopic (exact) mass is 1350 g/mol. The van der Waals surface area contributed by atoms with Gasteiger partial charge in [-0.25, -0.2) is 0 Å². The van der Waals surface area contributed by atoms with Gasteiger partial charge >= 0.3 is 0 Å². The minimum Gasteiger partial charge on any atom is -0.390 e. The lowest BCUT2D eigenvalue weighted by Gasteiger charge is -2.41. The van der Waals surface area contributed by atoms with Crippen LogP contribution in [0.25, 0.3) is 0 Å². The first-order valence-corrected chi connectivity index (χ1v) is 35.4. The predicted molar refractivity (Wildman–Crippen MR) is 372 cm³/mol. The summed E-state index contributed by atoms with van der Waals surface area (Å²) in [5, 5.41) is 22.3. The summed E-state index contributed by atoms with van der Waals surface area (Å²) >= 11 is 1.19. The van der Waals surface area contributed by atoms with E-state index in [9.17, 15) is 24.3 Å². The molecule has 1 heterocycles. The van der Waals surface area contributed by atoms with E-state index in [-0.39, 0.29) is 43.4 Å². The molecule has 0 aromatic carbocycles. The topological polar surface area (TPSA) is 282 Å². The van der Waals surface area contributed by atoms with Crippen molar-refractivity contribution in [3.05, 3.63) is 12.2 Å². The average molecular weight is 1350 g/mol. The van der Waals surface area contributed by atoms with Crippen molar-refractivity contribution in [1.82, 2.24) is 60.5 Å². The highest BCUT2D eigenvalue weighted by Crippen LogP contribution is 2.28. The highest BCUT2D eigenvalue weighted by molar-refractivity contribution is 8.00. The second kappa shape index (κ2) is 40.7. The van der Waals surface area contributed by atoms with E-state index in [4.69, 9.17) is 0 Å². The number of hydrogen-bond acceptors (Lipinski definition) is 14. The van der Waals surface area contributed by atoms with Gasteiger partial charge in [-0.2, -0.15) is 0 Å². The molecule has 14 atom stereocenters. The Morgan fingerprint density at radius 1 is 0.500 bits per heavy atom. The quantitative estimate of drug-likeness (QED) is 0.0887. The predicted octanol–water partition coefficient (Wildman–Crippen LogP) is 5.06. The molecule has 0 saturated carbocycles. The van der Waals surface area contributed by atoms with Crippen LogP contribution < -0.4 is 21.3 Å². The molecule has 0 aliphatic carbocycles. The Morgan fingerprint density at radius 3 is 1.48 bits per heavy atom. The van der Waals surface area contributed by atoms with Crippen LogP contribution in [-0.4, -0.2) is 256 Å². The van der Waals surface area contributed by atoms with Crippen molar-refractivity contribution in [3.8, 4) is 0 Å². The molecule has 94 heavy (non-hydrogen) atoms. The number of amides is 11. The molecule has 0 aromatic rings. The smallest absolute Gasteiger partial charge is 0.256 e. The third-order valence-corrected chi connectivity index (χ3v) is 19.7. The summed E-state index contributed by atoms with van der Waals surface area (Å²) in [6.07, 6.45) is 3.78. The third kappa shape index (κ3) is 24.1. The molecule has 1 aliphatic heterocycles. The van der Waals surface area contributed by atoms with Crippen LogP contribution in [0.15, 0.2) is 12.2 Å². The van der Waals surface area contributed by atoms with Crippen molar-refractivity contribution in [2.75, 3.05) is 74.7 Å². The molecule has 0 aromatic heterocycles. The number of likely N-dealkylation sites (N-methyl/N-ethyl adjacent to an activating group) is 7. The first-order valence-electron chi connectivity index (χ1n) is 34.4. The van der Waals surface area contributed by atoms with E-state index in [1.807, 2.05) is 75.3 Å². The van der Waals surface area contributed by atoms with Gasteiger partial charge in [-0.1, -0.05) is 129 Å². The summed E-state index contributed by atoms with van der Waals surface area (Å²) < 4.78 is 0. The van der Waals surface area contributed by atoms with Gasteiger partial charge in [0.25, 0.3) is 5.91 Å². The fourth-order valence-electron chi connectivity index (χ4n) is 11.9. The lowest BCUT2D eigenvalue weighted by Crippen LogP contribution is -2.64. The van der Waals surface area contributed by atoms with E-state index < -0.39 is 161 Å². The van der Waals surface area contributed by atoms with Crippen LogP contribution in [-0.2, 0) is 52.7 Å². The molecule has 1 rings (SSSR count). The van der Waals surface area contributed by atoms with Crippen LogP contribution in [0, 0.1) is 41.4 Å². The van der Waals surface area contributed by atoms with Gasteiger partial charge < -0.3 is 65.6 Å². The van der Waals surface area contributed by atoms with Gasteiger partial charge in [0.05, 0.1) is 6.10 Å². The normalized spacial score (nSPS) is 26.6. The van der Waals surface area contributed by atoms with Crippen LogP contribution >= 0.6 is 11.8 Å². The van der Waals surface area contributed by atoms with E-state index in [1.54, 1.807) is 54.5 Å². The molecular formula is C69H126N12O12S. The Bertz CT molecular complexity index is 2530. The Hall–Kier alpha value is -5.82. The van der Waals surface area contributed by atoms with Crippen molar-refractivity contribution in [2.45, 2.75) is 248 Å². The minimum absolute atomic E-state index is 0.00589. The highest BCUT2D eigenvalue weighted by atomic mass is 32.2. The van der Waals surface area contributed by atoms with Gasteiger partial charge in [-0.3, -0.25) is 52.7 Å². The number of aliphatic hydroxyl groups excluding tert-OH is 1. The zero-order chi connectivity index (χ0) is 72.7. The number of nitrogens with zero attached hydrogens (tertiary/aromatic N) is 8. The van der Waals surface area contributed by atoms with Gasteiger partial charge in [0, 0.05) is 61.6 Å². The number of aliphatic hydroxyl groups is 1. The van der Waals surface area contributed by atoms with E-state index >= 15 is 33.6 Å². The molecule has 25 heteroatoms. The van der Waals surface area contributed by atoms with Gasteiger partial charge in [-0.15, -0.1) is 11.8 Å². The summed E-state index contributed by atoms with van der Waals surface area (Å²) in [5.41, 5.74) is 0. The zero-order valence-electron chi connectivity index (χ0n) is 62.3. The SMILES string of the molecule is C/C=C/C[C@@H](C)[C@@H](O)[C@H]1C(=O)N[C@H](CC)C(=O)N(C)[C@H](SCCN(CC)CC)C(=O)N(C)[C@@H](C(C)CC)C(=O)N[C@H](C(C)C)C(=O)N(C)[C@H](CC(C)C)C(=O)N[C@H](C)C(=O)N[C@@H](C)C(=O)N(C)[C@@H](CC(C)C)C(=O)N(C)[C@H](CCC(C)C)C(=O)N(C)[C@H](C(C)C)C(=O)N1C. The lowest BCUT2D eigenvalue weighted by molar-refractivity contribution is -0.157. The summed E-state index contributed by atoms with van der Waals surface area (Å²) in [6.45, 7) is 36.2. The number of carbonyl (C=O) groups excluding carboxylic acids is 11. The molecule has 11 amide bonds. The van der Waals surface area contributed by atoms with Crippen LogP contribution in [0.5, 0.6) is 0 Å². The largest absolute Gasteiger partial charge is 0.390 e. The zero-order valence-corrected chi connectivity index (χ0v) is 63.1. The second-order valence-corrected chi connectivity index (χ2v) is 29.3. The number of allylic oxidation sites excluding steroid dienone is 2. The number of thioether (sulfide) groups is 1. The van der Waals surface area contributed by atoms with E-state index in [0.717, 1.165) is 4.90 Å². The molecule has 24 nitrogen and oxygen atoms in total. The van der Waals surface area contributed by atoms with Gasteiger partial charge in [0.1, 0.15) is 60.4 Å². The van der Waals surface area contributed by atoms with Crippen molar-refractivity contribution < 1.29 is 57.8 Å². The molecule has 0 radical (unpaired) electrons. The van der Waals surface area contributed by atoms with Gasteiger partial charge in [0.15, 0.2) is 5.37 Å². The van der Waals surface area contributed by atoms with Crippen molar-refractivity contribution in [1.29, 1.82) is 0 Å². The first-order chi connectivity index (χ1) is 43.7. The molecule has 540 valence electrons. The number of carbonyl (C=O) groups is 11. The summed E-state index contributed by atoms with van der Waals surface area (Å²) in [7, 11) is 10.1. The molecule has 5 N–H and O–H groups in total. The fourth-order valence-corrected chi connectivity index (χ4v) is 13.2. The van der Waals surface area contributed by atoms with Crippen LogP contribution in [0.3, 0.4) is 0 Å². The van der Waals surface area contributed by atoms with E-state index in [0.29, 0.717) is 44.6 Å². The molecule has 0 spiro atoms. The number of nitrogens with one attached hydrogen (secondary N) is 4. The third-order valence-electron chi connectivity index (χ3n) is 18.5. The molecule has 1 saturated heterocycles. The molecule has 1 fully saturated rings. The van der Waals surface area contributed by atoms with Crippen molar-refractivity contribution in [2.24, 2.45) is 41.4 Å². The van der Waals surface area contributed by atoms with Crippen molar-refractivity contribution >= 4 is 76.7 Å². The Labute approximate surface area is 569 Å². The fraction of sp³-hybridized carbons (Fsp3) is 0.812. The molecule has 1 aliphatic rings. The first kappa shape index (κ1) is 86.2. The summed E-state index contributed by atoms with van der Waals surface area (Å²) in [6, 6.07) is -12.5. The highest BCUT2D eigenvalue weighted by Gasteiger charge is 2.47. The summed E-state index contributed by atoms with van der Waals surface area (Å²) in [5.74, 6) is -9.47. The van der Waals surface area contributed by atoms with Gasteiger partial charge in [0.2, 0.25) is 59.1 Å². The van der Waals surface area contributed by atoms with Crippen LogP contribution in [0.1, 0.15) is 176 Å². The van der Waals surface area contributed by atoms with Crippen LogP contribution in [0.2, 0.25) is 0 Å². The summed E-state index contributed by atoms with van der Waals surface area (Å²) in [4.78, 5) is 175. The number of hydrogen-bond donors (Lipinski definition) is 5. The maximum absolute atomic E-state index is 15.4. The maximum atomic E-state index is 15.4. The Morgan fingerprint density at radius 2 is 0.989 bits per heavy atom. The maximum Gasteiger partial charge on any atom is 0.256 e. The lowest BCUT2D eigenvalue weighted by atomic mass is 9.91.